The second-order valence-corrected chi connectivity index (χ2v) is 8.64. The second kappa shape index (κ2) is 9.83. The van der Waals surface area contributed by atoms with Crippen LogP contribution in [-0.4, -0.2) is 45.1 Å². The van der Waals surface area contributed by atoms with Crippen molar-refractivity contribution in [2.45, 2.75) is 31.2 Å². The van der Waals surface area contributed by atoms with Crippen LogP contribution in [-0.2, 0) is 11.3 Å². The monoisotopic (exact) mass is 434 g/mol. The Morgan fingerprint density at radius 1 is 1.06 bits per heavy atom. The molecule has 1 saturated heterocycles. The average molecular weight is 435 g/mol. The molecule has 160 valence electrons. The molecule has 3 aromatic rings. The highest BCUT2D eigenvalue weighted by Crippen LogP contribution is 2.25. The predicted molar refractivity (Wildman–Crippen MR) is 123 cm³/mol. The van der Waals surface area contributed by atoms with Gasteiger partial charge in [-0.05, 0) is 49.6 Å². The molecule has 0 bridgehead atoms. The molecule has 1 aromatic heterocycles. The first-order chi connectivity index (χ1) is 15.1. The summed E-state index contributed by atoms with van der Waals surface area (Å²) in [5, 5.41) is 2.97. The van der Waals surface area contributed by atoms with E-state index in [2.05, 4.69) is 14.9 Å². The Bertz CT molecular complexity index is 1060. The number of carbonyl (C=O) groups is 2. The lowest BCUT2D eigenvalue weighted by molar-refractivity contribution is -0.127. The molecule has 2 amide bonds. The molecule has 2 aromatic carbocycles. The lowest BCUT2D eigenvalue weighted by Gasteiger charge is -2.15. The summed E-state index contributed by atoms with van der Waals surface area (Å²) < 4.78 is 2.07. The Morgan fingerprint density at radius 3 is 2.52 bits per heavy atom. The summed E-state index contributed by atoms with van der Waals surface area (Å²) in [6.45, 7) is 4.41. The molecule has 6 nitrogen and oxygen atoms in total. The van der Waals surface area contributed by atoms with Crippen molar-refractivity contribution in [3.8, 4) is 0 Å². The van der Waals surface area contributed by atoms with E-state index in [-0.39, 0.29) is 11.8 Å². The SMILES string of the molecule is Cc1nccn1Cc1ccc(NC(=O)c2ccccc2SCC(=O)N2CCCC2)cc1. The van der Waals surface area contributed by atoms with E-state index in [9.17, 15) is 9.59 Å². The van der Waals surface area contributed by atoms with Gasteiger partial charge in [-0.25, -0.2) is 4.98 Å². The molecule has 7 heteroatoms. The maximum absolute atomic E-state index is 12.9. The van der Waals surface area contributed by atoms with Crippen molar-refractivity contribution in [1.29, 1.82) is 0 Å². The molecule has 0 aliphatic carbocycles. The van der Waals surface area contributed by atoms with Crippen molar-refractivity contribution >= 4 is 29.3 Å². The van der Waals surface area contributed by atoms with Gasteiger partial charge in [0.05, 0.1) is 11.3 Å². The van der Waals surface area contributed by atoms with E-state index in [1.165, 1.54) is 11.8 Å². The Kier molecular flexibility index (Phi) is 6.72. The van der Waals surface area contributed by atoms with Crippen LogP contribution in [0.1, 0.15) is 34.6 Å². The van der Waals surface area contributed by atoms with E-state index in [0.717, 1.165) is 54.4 Å². The number of imidazole rings is 1. The molecular formula is C24H26N4O2S. The number of nitrogens with one attached hydrogen (secondary N) is 1. The van der Waals surface area contributed by atoms with Gasteiger partial charge in [0.1, 0.15) is 5.82 Å². The first-order valence-corrected chi connectivity index (χ1v) is 11.5. The van der Waals surface area contributed by atoms with Crippen molar-refractivity contribution in [2.24, 2.45) is 0 Å². The number of likely N-dealkylation sites (tertiary alicyclic amines) is 1. The zero-order valence-electron chi connectivity index (χ0n) is 17.6. The Balaban J connectivity index is 1.38. The van der Waals surface area contributed by atoms with Gasteiger partial charge < -0.3 is 14.8 Å². The minimum Gasteiger partial charge on any atom is -0.342 e. The summed E-state index contributed by atoms with van der Waals surface area (Å²) in [7, 11) is 0. The standard InChI is InChI=1S/C24H26N4O2S/c1-18-25-12-15-28(18)16-19-8-10-20(11-9-19)26-24(30)21-6-2-3-7-22(21)31-17-23(29)27-13-4-5-14-27/h2-3,6-12,15H,4-5,13-14,16-17H2,1H3,(H,26,30). The summed E-state index contributed by atoms with van der Waals surface area (Å²) in [5.41, 5.74) is 2.46. The molecule has 0 saturated carbocycles. The first-order valence-electron chi connectivity index (χ1n) is 10.5. The van der Waals surface area contributed by atoms with Crippen molar-refractivity contribution in [1.82, 2.24) is 14.5 Å². The summed E-state index contributed by atoms with van der Waals surface area (Å²) in [6, 6.07) is 15.3. The van der Waals surface area contributed by atoms with Gasteiger partial charge in [-0.2, -0.15) is 0 Å². The highest BCUT2D eigenvalue weighted by molar-refractivity contribution is 8.00. The lowest BCUT2D eigenvalue weighted by atomic mass is 10.1. The Hall–Kier alpha value is -3.06. The number of nitrogens with zero attached hydrogens (tertiary/aromatic N) is 3. The normalized spacial score (nSPS) is 13.4. The van der Waals surface area contributed by atoms with Crippen molar-refractivity contribution in [2.75, 3.05) is 24.2 Å². The molecule has 4 rings (SSSR count). The van der Waals surface area contributed by atoms with E-state index >= 15 is 0 Å². The molecule has 2 heterocycles. The fraction of sp³-hybridized carbons (Fsp3) is 0.292. The van der Waals surface area contributed by atoms with Crippen LogP contribution in [0.25, 0.3) is 0 Å². The van der Waals surface area contributed by atoms with E-state index in [1.54, 1.807) is 12.3 Å². The molecular weight excluding hydrogens is 408 g/mol. The fourth-order valence-corrected chi connectivity index (χ4v) is 4.59. The number of anilines is 1. The summed E-state index contributed by atoms with van der Waals surface area (Å²) in [5.74, 6) is 1.29. The van der Waals surface area contributed by atoms with Crippen LogP contribution >= 0.6 is 11.8 Å². The van der Waals surface area contributed by atoms with Crippen LogP contribution in [0.5, 0.6) is 0 Å². The Morgan fingerprint density at radius 2 is 1.81 bits per heavy atom. The van der Waals surface area contributed by atoms with Crippen LogP contribution in [0.2, 0.25) is 0 Å². The number of carbonyl (C=O) groups excluding carboxylic acids is 2. The van der Waals surface area contributed by atoms with Gasteiger partial charge in [-0.1, -0.05) is 24.3 Å². The quantitative estimate of drug-likeness (QED) is 0.566. The number of hydrogen-bond donors (Lipinski definition) is 1. The van der Waals surface area contributed by atoms with Gasteiger partial charge in [0.25, 0.3) is 5.91 Å². The van der Waals surface area contributed by atoms with Crippen LogP contribution in [0, 0.1) is 6.92 Å². The molecule has 0 atom stereocenters. The Labute approximate surface area is 186 Å². The third-order valence-corrected chi connectivity index (χ3v) is 6.49. The van der Waals surface area contributed by atoms with E-state index in [1.807, 2.05) is 60.5 Å². The highest BCUT2D eigenvalue weighted by Gasteiger charge is 2.19. The van der Waals surface area contributed by atoms with Crippen molar-refractivity contribution in [3.05, 3.63) is 77.9 Å². The summed E-state index contributed by atoms with van der Waals surface area (Å²) in [6.07, 6.45) is 5.90. The van der Waals surface area contributed by atoms with E-state index in [4.69, 9.17) is 0 Å². The molecule has 0 spiro atoms. The molecule has 1 aliphatic heterocycles. The maximum atomic E-state index is 12.9. The van der Waals surface area contributed by atoms with Gasteiger partial charge >= 0.3 is 0 Å². The lowest BCUT2D eigenvalue weighted by Crippen LogP contribution is -2.29. The van der Waals surface area contributed by atoms with Crippen molar-refractivity contribution < 1.29 is 9.59 Å². The fourth-order valence-electron chi connectivity index (χ4n) is 3.64. The van der Waals surface area contributed by atoms with Crippen LogP contribution in [0.3, 0.4) is 0 Å². The zero-order valence-corrected chi connectivity index (χ0v) is 18.4. The van der Waals surface area contributed by atoms with Gasteiger partial charge in [-0.3, -0.25) is 9.59 Å². The van der Waals surface area contributed by atoms with Crippen LogP contribution in [0.15, 0.2) is 65.8 Å². The number of thioether (sulfide) groups is 1. The molecule has 0 unspecified atom stereocenters. The first kappa shape index (κ1) is 21.2. The third-order valence-electron chi connectivity index (χ3n) is 5.43. The minimum atomic E-state index is -0.171. The van der Waals surface area contributed by atoms with E-state index in [0.29, 0.717) is 11.3 Å². The summed E-state index contributed by atoms with van der Waals surface area (Å²) in [4.78, 5) is 32.2. The van der Waals surface area contributed by atoms with Gasteiger partial charge in [0.2, 0.25) is 5.91 Å². The zero-order chi connectivity index (χ0) is 21.6. The second-order valence-electron chi connectivity index (χ2n) is 7.63. The third kappa shape index (κ3) is 5.35. The topological polar surface area (TPSA) is 67.2 Å². The van der Waals surface area contributed by atoms with Gasteiger partial charge in [-0.15, -0.1) is 11.8 Å². The van der Waals surface area contributed by atoms with E-state index < -0.39 is 0 Å². The largest absolute Gasteiger partial charge is 0.342 e. The highest BCUT2D eigenvalue weighted by atomic mass is 32.2. The molecule has 31 heavy (non-hydrogen) atoms. The minimum absolute atomic E-state index is 0.140. The number of rotatable bonds is 7. The summed E-state index contributed by atoms with van der Waals surface area (Å²) >= 11 is 1.43. The number of amides is 2. The van der Waals surface area contributed by atoms with Gasteiger partial charge in [0, 0.05) is 42.6 Å². The number of aromatic nitrogens is 2. The van der Waals surface area contributed by atoms with Crippen LogP contribution < -0.4 is 5.32 Å². The molecule has 1 fully saturated rings. The number of hydrogen-bond acceptors (Lipinski definition) is 4. The molecule has 1 N–H and O–H groups in total. The number of benzene rings is 2. The smallest absolute Gasteiger partial charge is 0.256 e. The van der Waals surface area contributed by atoms with Crippen molar-refractivity contribution in [3.63, 3.8) is 0 Å². The predicted octanol–water partition coefficient (Wildman–Crippen LogP) is 4.21. The maximum Gasteiger partial charge on any atom is 0.256 e. The average Bonchev–Trinajstić information content (AvgIpc) is 3.46. The molecule has 0 radical (unpaired) electrons. The number of aryl methyl sites for hydroxylation is 1. The molecule has 1 aliphatic rings. The van der Waals surface area contributed by atoms with Crippen LogP contribution in [0.4, 0.5) is 5.69 Å². The van der Waals surface area contributed by atoms with Gasteiger partial charge in [0.15, 0.2) is 0 Å².